The number of rotatable bonds is 2. The van der Waals surface area contributed by atoms with Gasteiger partial charge in [-0.05, 0) is 42.1 Å². The van der Waals surface area contributed by atoms with Crippen LogP contribution in [0, 0.1) is 13.8 Å². The summed E-state index contributed by atoms with van der Waals surface area (Å²) in [5.41, 5.74) is 4.96. The second kappa shape index (κ2) is 6.31. The lowest BCUT2D eigenvalue weighted by molar-refractivity contribution is 0.122. The SMILES string of the molecule is Cc1ccc(-c2csc3nc(Cl)nc(N4CCOCC4)c23)cc1C. The topological polar surface area (TPSA) is 38.2 Å². The predicted octanol–water partition coefficient (Wildman–Crippen LogP) is 4.47. The largest absolute Gasteiger partial charge is 0.378 e. The number of thiophene rings is 1. The molecule has 0 N–H and O–H groups in total. The summed E-state index contributed by atoms with van der Waals surface area (Å²) in [6.07, 6.45) is 0. The van der Waals surface area contributed by atoms with E-state index in [0.29, 0.717) is 18.5 Å². The van der Waals surface area contributed by atoms with E-state index in [1.54, 1.807) is 11.3 Å². The molecule has 1 saturated heterocycles. The van der Waals surface area contributed by atoms with Crippen LogP contribution in [-0.4, -0.2) is 36.3 Å². The van der Waals surface area contributed by atoms with E-state index in [2.05, 4.69) is 52.3 Å². The van der Waals surface area contributed by atoms with Crippen LogP contribution in [0.1, 0.15) is 11.1 Å². The van der Waals surface area contributed by atoms with Crippen molar-refractivity contribution in [3.8, 4) is 11.1 Å². The average Bonchev–Trinajstić information content (AvgIpc) is 3.01. The molecule has 3 heterocycles. The van der Waals surface area contributed by atoms with Crippen LogP contribution in [0.15, 0.2) is 23.6 Å². The normalized spacial score (nSPS) is 15.2. The number of aryl methyl sites for hydroxylation is 2. The van der Waals surface area contributed by atoms with E-state index in [1.165, 1.54) is 22.3 Å². The smallest absolute Gasteiger partial charge is 0.225 e. The molecule has 4 nitrogen and oxygen atoms in total. The summed E-state index contributed by atoms with van der Waals surface area (Å²) in [6.45, 7) is 7.35. The number of morpholine rings is 1. The Bertz CT molecular complexity index is 903. The van der Waals surface area contributed by atoms with Gasteiger partial charge in [-0.2, -0.15) is 4.98 Å². The zero-order valence-corrected chi connectivity index (χ0v) is 15.2. The molecule has 2 aromatic heterocycles. The summed E-state index contributed by atoms with van der Waals surface area (Å²) >= 11 is 7.79. The van der Waals surface area contributed by atoms with Gasteiger partial charge >= 0.3 is 0 Å². The van der Waals surface area contributed by atoms with Gasteiger partial charge in [-0.1, -0.05) is 18.2 Å². The molecule has 0 spiro atoms. The lowest BCUT2D eigenvalue weighted by Gasteiger charge is -2.28. The Morgan fingerprint density at radius 2 is 1.92 bits per heavy atom. The molecule has 1 aliphatic heterocycles. The molecule has 1 aromatic carbocycles. The van der Waals surface area contributed by atoms with Crippen LogP contribution in [0.4, 0.5) is 5.82 Å². The molecule has 3 aromatic rings. The van der Waals surface area contributed by atoms with Crippen molar-refractivity contribution in [2.45, 2.75) is 13.8 Å². The van der Waals surface area contributed by atoms with E-state index in [9.17, 15) is 0 Å². The highest BCUT2D eigenvalue weighted by molar-refractivity contribution is 7.17. The molecule has 1 fully saturated rings. The molecule has 0 bridgehead atoms. The van der Waals surface area contributed by atoms with Crippen molar-refractivity contribution in [3.05, 3.63) is 40.0 Å². The van der Waals surface area contributed by atoms with E-state index in [-0.39, 0.29) is 0 Å². The second-order valence-corrected chi connectivity index (χ2v) is 7.24. The summed E-state index contributed by atoms with van der Waals surface area (Å²) in [7, 11) is 0. The third-order valence-corrected chi connectivity index (χ3v) is 5.56. The third kappa shape index (κ3) is 2.77. The highest BCUT2D eigenvalue weighted by Gasteiger charge is 2.21. The molecule has 0 amide bonds. The summed E-state index contributed by atoms with van der Waals surface area (Å²) in [5.74, 6) is 0.919. The molecule has 1 aliphatic rings. The van der Waals surface area contributed by atoms with E-state index in [1.807, 2.05) is 0 Å². The molecule has 0 aliphatic carbocycles. The minimum atomic E-state index is 0.303. The Kier molecular flexibility index (Phi) is 4.16. The van der Waals surface area contributed by atoms with Crippen molar-refractivity contribution in [1.82, 2.24) is 9.97 Å². The Morgan fingerprint density at radius 1 is 1.12 bits per heavy atom. The molecule has 124 valence electrons. The summed E-state index contributed by atoms with van der Waals surface area (Å²) in [4.78, 5) is 12.2. The summed E-state index contributed by atoms with van der Waals surface area (Å²) in [6, 6.07) is 6.56. The van der Waals surface area contributed by atoms with E-state index in [4.69, 9.17) is 16.3 Å². The molecular formula is C18H18ClN3OS. The number of fused-ring (bicyclic) bond motifs is 1. The number of hydrogen-bond acceptors (Lipinski definition) is 5. The number of benzene rings is 1. The predicted molar refractivity (Wildman–Crippen MR) is 100 cm³/mol. The van der Waals surface area contributed by atoms with Crippen molar-refractivity contribution in [1.29, 1.82) is 0 Å². The number of anilines is 1. The molecule has 4 rings (SSSR count). The zero-order chi connectivity index (χ0) is 16.7. The van der Waals surface area contributed by atoms with Gasteiger partial charge in [-0.3, -0.25) is 0 Å². The van der Waals surface area contributed by atoms with E-state index >= 15 is 0 Å². The molecule has 0 saturated carbocycles. The molecule has 24 heavy (non-hydrogen) atoms. The lowest BCUT2D eigenvalue weighted by Crippen LogP contribution is -2.37. The van der Waals surface area contributed by atoms with Crippen LogP contribution in [0.2, 0.25) is 5.28 Å². The minimum absolute atomic E-state index is 0.303. The first-order chi connectivity index (χ1) is 11.6. The van der Waals surface area contributed by atoms with Crippen LogP contribution in [-0.2, 0) is 4.74 Å². The highest BCUT2D eigenvalue weighted by atomic mass is 35.5. The van der Waals surface area contributed by atoms with Gasteiger partial charge in [0.15, 0.2) is 0 Å². The molecule has 0 radical (unpaired) electrons. The Morgan fingerprint density at radius 3 is 2.67 bits per heavy atom. The number of halogens is 1. The first-order valence-electron chi connectivity index (χ1n) is 7.98. The van der Waals surface area contributed by atoms with Crippen LogP contribution >= 0.6 is 22.9 Å². The first-order valence-corrected chi connectivity index (χ1v) is 9.24. The summed E-state index contributed by atoms with van der Waals surface area (Å²) in [5, 5.41) is 3.55. The fourth-order valence-electron chi connectivity index (χ4n) is 3.02. The van der Waals surface area contributed by atoms with Crippen molar-refractivity contribution < 1.29 is 4.74 Å². The Labute approximate surface area is 150 Å². The maximum absolute atomic E-state index is 6.17. The van der Waals surface area contributed by atoms with Crippen LogP contribution in [0.5, 0.6) is 0 Å². The standard InChI is InChI=1S/C18H18ClN3OS/c1-11-3-4-13(9-12(11)2)14-10-24-17-15(14)16(20-18(19)21-17)22-5-7-23-8-6-22/h3-4,9-10H,5-8H2,1-2H3. The average molecular weight is 360 g/mol. The van der Waals surface area contributed by atoms with Crippen LogP contribution in [0.3, 0.4) is 0 Å². The van der Waals surface area contributed by atoms with Gasteiger partial charge < -0.3 is 9.64 Å². The van der Waals surface area contributed by atoms with Crippen molar-refractivity contribution >= 4 is 39.0 Å². The van der Waals surface area contributed by atoms with Crippen LogP contribution < -0.4 is 4.90 Å². The van der Waals surface area contributed by atoms with Gasteiger partial charge in [0, 0.05) is 24.0 Å². The molecule has 6 heteroatoms. The molecule has 0 unspecified atom stereocenters. The molecular weight excluding hydrogens is 342 g/mol. The maximum atomic E-state index is 6.17. The zero-order valence-electron chi connectivity index (χ0n) is 13.7. The van der Waals surface area contributed by atoms with Crippen molar-refractivity contribution in [2.24, 2.45) is 0 Å². The number of hydrogen-bond donors (Lipinski definition) is 0. The number of aromatic nitrogens is 2. The maximum Gasteiger partial charge on any atom is 0.225 e. The van der Waals surface area contributed by atoms with Crippen LogP contribution in [0.25, 0.3) is 21.3 Å². The van der Waals surface area contributed by atoms with E-state index in [0.717, 1.165) is 29.1 Å². The minimum Gasteiger partial charge on any atom is -0.378 e. The number of ether oxygens (including phenoxy) is 1. The highest BCUT2D eigenvalue weighted by Crippen LogP contribution is 2.39. The fraction of sp³-hybridized carbons (Fsp3) is 0.333. The van der Waals surface area contributed by atoms with Gasteiger partial charge in [-0.25, -0.2) is 4.98 Å². The molecule has 0 atom stereocenters. The monoisotopic (exact) mass is 359 g/mol. The first kappa shape index (κ1) is 15.8. The Hall–Kier alpha value is -1.69. The van der Waals surface area contributed by atoms with E-state index < -0.39 is 0 Å². The van der Waals surface area contributed by atoms with Gasteiger partial charge in [0.2, 0.25) is 5.28 Å². The van der Waals surface area contributed by atoms with Crippen molar-refractivity contribution in [3.63, 3.8) is 0 Å². The van der Waals surface area contributed by atoms with Gasteiger partial charge in [0.05, 0.1) is 18.6 Å². The number of nitrogens with zero attached hydrogens (tertiary/aromatic N) is 3. The Balaban J connectivity index is 1.91. The van der Waals surface area contributed by atoms with Gasteiger partial charge in [-0.15, -0.1) is 11.3 Å². The van der Waals surface area contributed by atoms with Crippen molar-refractivity contribution in [2.75, 3.05) is 31.2 Å². The van der Waals surface area contributed by atoms with Gasteiger partial charge in [0.25, 0.3) is 0 Å². The second-order valence-electron chi connectivity index (χ2n) is 6.04. The third-order valence-electron chi connectivity index (χ3n) is 4.52. The van der Waals surface area contributed by atoms with Gasteiger partial charge in [0.1, 0.15) is 10.6 Å². The quantitative estimate of drug-likeness (QED) is 0.633. The summed E-state index contributed by atoms with van der Waals surface area (Å²) < 4.78 is 5.47. The lowest BCUT2D eigenvalue weighted by atomic mass is 10.0. The fourth-order valence-corrected chi connectivity index (χ4v) is 4.18.